The van der Waals surface area contributed by atoms with Crippen molar-refractivity contribution < 1.29 is 42.5 Å². The van der Waals surface area contributed by atoms with E-state index in [4.69, 9.17) is 4.74 Å². The summed E-state index contributed by atoms with van der Waals surface area (Å²) >= 11 is 0. The first kappa shape index (κ1) is 11.2. The SMILES string of the molecule is C[CH-]C[C-]1CCOCC1.[Ho]. The number of hydrogen-bond donors (Lipinski definition) is 0. The van der Waals surface area contributed by atoms with Crippen LogP contribution < -0.4 is 0 Å². The number of hydrogen-bond acceptors (Lipinski definition) is 1. The summed E-state index contributed by atoms with van der Waals surface area (Å²) in [5.41, 5.74) is 0. The van der Waals surface area contributed by atoms with Crippen LogP contribution in [-0.2, 0) is 4.74 Å². The summed E-state index contributed by atoms with van der Waals surface area (Å²) in [4.78, 5) is 0. The van der Waals surface area contributed by atoms with Crippen LogP contribution in [0.25, 0.3) is 0 Å². The van der Waals surface area contributed by atoms with E-state index in [0.29, 0.717) is 0 Å². The summed E-state index contributed by atoms with van der Waals surface area (Å²) in [5.74, 6) is 1.66. The van der Waals surface area contributed by atoms with Crippen molar-refractivity contribution in [3.63, 3.8) is 0 Å². The van der Waals surface area contributed by atoms with E-state index in [1.54, 1.807) is 5.92 Å². The van der Waals surface area contributed by atoms with E-state index in [1.807, 2.05) is 0 Å². The van der Waals surface area contributed by atoms with Crippen LogP contribution in [0.3, 0.4) is 0 Å². The molecule has 1 fully saturated rings. The first-order valence-electron chi connectivity index (χ1n) is 3.62. The second-order valence-corrected chi connectivity index (χ2v) is 2.47. The standard InChI is InChI=1S/C8H14O.Ho/c1-2-3-8-4-6-9-7-5-8;/h2H,3-7H2,1H3;/q-2;. The molecule has 1 aliphatic rings. The van der Waals surface area contributed by atoms with Gasteiger partial charge in [-0.25, -0.2) is 0 Å². The Labute approximate surface area is 93.5 Å². The average Bonchev–Trinajstić information content (AvgIpc) is 1.91. The third-order valence-electron chi connectivity index (χ3n) is 1.69. The van der Waals surface area contributed by atoms with E-state index in [1.165, 1.54) is 19.3 Å². The number of rotatable bonds is 2. The fourth-order valence-corrected chi connectivity index (χ4v) is 1.15. The van der Waals surface area contributed by atoms with Crippen LogP contribution in [0.2, 0.25) is 0 Å². The predicted molar refractivity (Wildman–Crippen MR) is 37.9 cm³/mol. The zero-order valence-corrected chi connectivity index (χ0v) is 8.26. The van der Waals surface area contributed by atoms with E-state index in [-0.39, 0.29) is 37.7 Å². The molecule has 1 radical (unpaired) electrons. The Morgan fingerprint density at radius 2 is 2.00 bits per heavy atom. The Bertz CT molecular complexity index is 66.9. The molecule has 0 atom stereocenters. The summed E-state index contributed by atoms with van der Waals surface area (Å²) in [7, 11) is 0. The van der Waals surface area contributed by atoms with Crippen LogP contribution in [0, 0.1) is 50.1 Å². The summed E-state index contributed by atoms with van der Waals surface area (Å²) in [6.45, 7) is 4.01. The summed E-state index contributed by atoms with van der Waals surface area (Å²) < 4.78 is 5.21. The Hall–Kier alpha value is 1.22. The summed E-state index contributed by atoms with van der Waals surface area (Å²) in [6.07, 6.45) is 5.79. The largest absolute Gasteiger partial charge is 0.387 e. The van der Waals surface area contributed by atoms with Gasteiger partial charge in [-0.2, -0.15) is 19.8 Å². The molecule has 1 nitrogen and oxygen atoms in total. The fraction of sp³-hybridized carbons (Fsp3) is 0.750. The van der Waals surface area contributed by atoms with E-state index in [9.17, 15) is 0 Å². The van der Waals surface area contributed by atoms with Crippen molar-refractivity contribution in [2.24, 2.45) is 0 Å². The quantitative estimate of drug-likeness (QED) is 0.558. The van der Waals surface area contributed by atoms with Crippen LogP contribution in [0.4, 0.5) is 0 Å². The normalized spacial score (nSPS) is 20.1. The zero-order chi connectivity index (χ0) is 6.53. The molecule has 0 N–H and O–H groups in total. The van der Waals surface area contributed by atoms with Crippen LogP contribution >= 0.6 is 0 Å². The van der Waals surface area contributed by atoms with Gasteiger partial charge in [0, 0.05) is 51.0 Å². The smallest absolute Gasteiger partial charge is 0.0196 e. The first-order valence-corrected chi connectivity index (χ1v) is 3.62. The molecule has 0 aromatic heterocycles. The van der Waals surface area contributed by atoms with Gasteiger partial charge in [0.05, 0.1) is 0 Å². The Kier molecular flexibility index (Phi) is 7.74. The molecule has 1 heterocycles. The molecule has 10 heavy (non-hydrogen) atoms. The average molecular weight is 291 g/mol. The molecular formula is C8H14HoO-2. The second kappa shape index (κ2) is 6.90. The Morgan fingerprint density at radius 3 is 2.50 bits per heavy atom. The maximum Gasteiger partial charge on any atom is 0.0196 e. The molecule has 0 aromatic rings. The molecule has 0 spiro atoms. The molecule has 0 unspecified atom stereocenters. The zero-order valence-electron chi connectivity index (χ0n) is 6.32. The topological polar surface area (TPSA) is 9.23 Å². The van der Waals surface area contributed by atoms with Gasteiger partial charge in [-0.05, 0) is 0 Å². The van der Waals surface area contributed by atoms with Gasteiger partial charge in [-0.3, -0.25) is 0 Å². The van der Waals surface area contributed by atoms with Crippen LogP contribution in [-0.4, -0.2) is 13.2 Å². The second-order valence-electron chi connectivity index (χ2n) is 2.47. The van der Waals surface area contributed by atoms with Crippen LogP contribution in [0.15, 0.2) is 0 Å². The van der Waals surface area contributed by atoms with E-state index >= 15 is 0 Å². The van der Waals surface area contributed by atoms with Gasteiger partial charge in [-0.1, -0.05) is 0 Å². The molecule has 2 heteroatoms. The monoisotopic (exact) mass is 291 g/mol. The van der Waals surface area contributed by atoms with E-state index in [0.717, 1.165) is 13.2 Å². The molecule has 0 saturated carbocycles. The van der Waals surface area contributed by atoms with Gasteiger partial charge in [0.2, 0.25) is 0 Å². The van der Waals surface area contributed by atoms with Gasteiger partial charge in [-0.15, -0.1) is 0 Å². The van der Waals surface area contributed by atoms with Gasteiger partial charge < -0.3 is 23.5 Å². The minimum atomic E-state index is 0. The van der Waals surface area contributed by atoms with Crippen molar-refractivity contribution in [3.8, 4) is 0 Å². The van der Waals surface area contributed by atoms with Gasteiger partial charge in [0.1, 0.15) is 0 Å². The van der Waals surface area contributed by atoms with Crippen LogP contribution in [0.1, 0.15) is 26.2 Å². The van der Waals surface area contributed by atoms with Gasteiger partial charge in [0.25, 0.3) is 0 Å². The van der Waals surface area contributed by atoms with Crippen molar-refractivity contribution in [1.82, 2.24) is 0 Å². The molecule has 1 saturated heterocycles. The summed E-state index contributed by atoms with van der Waals surface area (Å²) in [6, 6.07) is 0. The minimum absolute atomic E-state index is 0. The fourth-order valence-electron chi connectivity index (χ4n) is 1.15. The molecule has 0 aliphatic carbocycles. The minimum Gasteiger partial charge on any atom is -0.387 e. The van der Waals surface area contributed by atoms with Crippen molar-refractivity contribution in [3.05, 3.63) is 12.3 Å². The van der Waals surface area contributed by atoms with Gasteiger partial charge >= 0.3 is 0 Å². The molecule has 65 valence electrons. The molecule has 0 bridgehead atoms. The van der Waals surface area contributed by atoms with Gasteiger partial charge in [0.15, 0.2) is 0 Å². The molecule has 1 aliphatic heterocycles. The van der Waals surface area contributed by atoms with Crippen molar-refractivity contribution in [2.75, 3.05) is 13.2 Å². The maximum atomic E-state index is 5.21. The molecular weight excluding hydrogens is 277 g/mol. The summed E-state index contributed by atoms with van der Waals surface area (Å²) in [5, 5.41) is 0. The Morgan fingerprint density at radius 1 is 1.40 bits per heavy atom. The van der Waals surface area contributed by atoms with E-state index < -0.39 is 0 Å². The van der Waals surface area contributed by atoms with Crippen molar-refractivity contribution in [2.45, 2.75) is 26.2 Å². The molecule has 1 rings (SSSR count). The first-order chi connectivity index (χ1) is 4.43. The third-order valence-corrected chi connectivity index (χ3v) is 1.69. The number of ether oxygens (including phenoxy) is 1. The van der Waals surface area contributed by atoms with Crippen molar-refractivity contribution in [1.29, 1.82) is 0 Å². The maximum absolute atomic E-state index is 5.21. The molecule has 0 aromatic carbocycles. The third kappa shape index (κ3) is 4.17. The van der Waals surface area contributed by atoms with E-state index in [2.05, 4.69) is 13.3 Å². The van der Waals surface area contributed by atoms with Crippen molar-refractivity contribution >= 4 is 0 Å². The predicted octanol–water partition coefficient (Wildman–Crippen LogP) is 1.99. The molecule has 0 amide bonds. The van der Waals surface area contributed by atoms with Crippen LogP contribution in [0.5, 0.6) is 0 Å². The Balaban J connectivity index is 0.000000810.